The van der Waals surface area contributed by atoms with Gasteiger partial charge in [-0.05, 0) is 25.8 Å². The Balaban J connectivity index is 1.87. The van der Waals surface area contributed by atoms with E-state index in [4.69, 9.17) is 0 Å². The molecule has 1 amide bonds. The standard InChI is InChI=1S/C18H26N6O/c1-11-20-12(10-16(19-5)21-11)14-7-6-8-24(14)17(25)13-9-15(23-22-13)18(2,3)4/h9-10,14H,6-8H2,1-5H3,(H,22,23)(H,19,20,21). The second-order valence-electron chi connectivity index (χ2n) is 7.55. The van der Waals surface area contributed by atoms with Crippen molar-refractivity contribution in [3.8, 4) is 0 Å². The molecule has 2 aromatic rings. The van der Waals surface area contributed by atoms with Gasteiger partial charge in [0.2, 0.25) is 0 Å². The molecule has 7 nitrogen and oxygen atoms in total. The minimum absolute atomic E-state index is 0.0314. The monoisotopic (exact) mass is 342 g/mol. The van der Waals surface area contributed by atoms with Gasteiger partial charge < -0.3 is 10.2 Å². The molecule has 0 radical (unpaired) electrons. The lowest BCUT2D eigenvalue weighted by atomic mass is 9.92. The first-order chi connectivity index (χ1) is 11.8. The van der Waals surface area contributed by atoms with Crippen LogP contribution in [0.15, 0.2) is 12.1 Å². The van der Waals surface area contributed by atoms with E-state index >= 15 is 0 Å². The third-order valence-electron chi connectivity index (χ3n) is 4.57. The number of aromatic nitrogens is 4. The summed E-state index contributed by atoms with van der Waals surface area (Å²) in [7, 11) is 1.83. The van der Waals surface area contributed by atoms with Crippen LogP contribution in [0.3, 0.4) is 0 Å². The summed E-state index contributed by atoms with van der Waals surface area (Å²) in [5.41, 5.74) is 2.24. The van der Waals surface area contributed by atoms with Crippen molar-refractivity contribution in [2.24, 2.45) is 0 Å². The number of likely N-dealkylation sites (tertiary alicyclic amines) is 1. The largest absolute Gasteiger partial charge is 0.373 e. The Labute approximate surface area is 148 Å². The first-order valence-electron chi connectivity index (χ1n) is 8.70. The number of nitrogens with one attached hydrogen (secondary N) is 2. The first-order valence-corrected chi connectivity index (χ1v) is 8.70. The maximum atomic E-state index is 13.0. The van der Waals surface area contributed by atoms with Crippen LogP contribution in [-0.2, 0) is 5.41 Å². The lowest BCUT2D eigenvalue weighted by Gasteiger charge is -2.24. The summed E-state index contributed by atoms with van der Waals surface area (Å²) in [4.78, 5) is 23.8. The van der Waals surface area contributed by atoms with Gasteiger partial charge in [0.25, 0.3) is 5.91 Å². The van der Waals surface area contributed by atoms with Crippen molar-refractivity contribution in [3.63, 3.8) is 0 Å². The molecule has 3 heterocycles. The fraction of sp³-hybridized carbons (Fsp3) is 0.556. The predicted molar refractivity (Wildman–Crippen MR) is 96.6 cm³/mol. The number of rotatable bonds is 3. The van der Waals surface area contributed by atoms with Crippen molar-refractivity contribution in [1.82, 2.24) is 25.1 Å². The zero-order chi connectivity index (χ0) is 18.2. The Morgan fingerprint density at radius 2 is 2.08 bits per heavy atom. The smallest absolute Gasteiger partial charge is 0.274 e. The molecule has 0 spiro atoms. The van der Waals surface area contributed by atoms with E-state index in [9.17, 15) is 4.79 Å². The van der Waals surface area contributed by atoms with Crippen LogP contribution in [0.1, 0.15) is 67.4 Å². The maximum Gasteiger partial charge on any atom is 0.274 e. The maximum absolute atomic E-state index is 13.0. The summed E-state index contributed by atoms with van der Waals surface area (Å²) >= 11 is 0. The number of nitrogens with zero attached hydrogens (tertiary/aromatic N) is 4. The molecule has 2 N–H and O–H groups in total. The molecule has 7 heteroatoms. The van der Waals surface area contributed by atoms with Crippen LogP contribution in [0.4, 0.5) is 5.82 Å². The van der Waals surface area contributed by atoms with Crippen LogP contribution in [0.25, 0.3) is 0 Å². The second kappa shape index (κ2) is 6.46. The summed E-state index contributed by atoms with van der Waals surface area (Å²) in [6.07, 6.45) is 1.87. The van der Waals surface area contributed by atoms with Gasteiger partial charge >= 0.3 is 0 Å². The topological polar surface area (TPSA) is 86.8 Å². The molecule has 1 atom stereocenters. The van der Waals surface area contributed by atoms with Gasteiger partial charge in [-0.3, -0.25) is 9.89 Å². The number of aryl methyl sites for hydroxylation is 1. The van der Waals surface area contributed by atoms with Crippen molar-refractivity contribution >= 4 is 11.7 Å². The number of anilines is 1. The molecular weight excluding hydrogens is 316 g/mol. The molecule has 134 valence electrons. The lowest BCUT2D eigenvalue weighted by Crippen LogP contribution is -2.31. The van der Waals surface area contributed by atoms with Crippen LogP contribution < -0.4 is 5.32 Å². The van der Waals surface area contributed by atoms with Crippen LogP contribution in [-0.4, -0.2) is 44.6 Å². The second-order valence-corrected chi connectivity index (χ2v) is 7.55. The number of carbonyl (C=O) groups is 1. The average molecular weight is 342 g/mol. The van der Waals surface area contributed by atoms with E-state index in [1.54, 1.807) is 0 Å². The Morgan fingerprint density at radius 3 is 2.72 bits per heavy atom. The van der Waals surface area contributed by atoms with Crippen LogP contribution >= 0.6 is 0 Å². The molecule has 0 bridgehead atoms. The fourth-order valence-corrected chi connectivity index (χ4v) is 3.17. The van der Waals surface area contributed by atoms with E-state index in [0.717, 1.165) is 36.6 Å². The number of aromatic amines is 1. The average Bonchev–Trinajstić information content (AvgIpc) is 3.22. The zero-order valence-electron chi connectivity index (χ0n) is 15.6. The SMILES string of the molecule is CNc1cc(C2CCCN2C(=O)c2cc(C(C)(C)C)[nH]n2)nc(C)n1. The number of H-pyrrole nitrogens is 1. The van der Waals surface area contributed by atoms with Gasteiger partial charge in [-0.1, -0.05) is 20.8 Å². The number of hydrogen-bond acceptors (Lipinski definition) is 5. The highest BCUT2D eigenvalue weighted by Crippen LogP contribution is 2.33. The van der Waals surface area contributed by atoms with Crippen molar-refractivity contribution in [2.45, 2.75) is 52.0 Å². The lowest BCUT2D eigenvalue weighted by molar-refractivity contribution is 0.0726. The van der Waals surface area contributed by atoms with Crippen LogP contribution in [0.5, 0.6) is 0 Å². The summed E-state index contributed by atoms with van der Waals surface area (Å²) in [6.45, 7) is 8.87. The van der Waals surface area contributed by atoms with E-state index in [0.29, 0.717) is 11.5 Å². The summed E-state index contributed by atoms with van der Waals surface area (Å²) in [5, 5.41) is 10.3. The summed E-state index contributed by atoms with van der Waals surface area (Å²) < 4.78 is 0. The van der Waals surface area contributed by atoms with Gasteiger partial charge in [-0.15, -0.1) is 0 Å². The zero-order valence-corrected chi connectivity index (χ0v) is 15.6. The normalized spacial score (nSPS) is 17.8. The number of hydrogen-bond donors (Lipinski definition) is 2. The van der Waals surface area contributed by atoms with Crippen LogP contribution in [0.2, 0.25) is 0 Å². The Kier molecular flexibility index (Phi) is 4.49. The fourth-order valence-electron chi connectivity index (χ4n) is 3.17. The van der Waals surface area contributed by atoms with E-state index < -0.39 is 0 Å². The highest BCUT2D eigenvalue weighted by Gasteiger charge is 2.33. The molecule has 25 heavy (non-hydrogen) atoms. The third kappa shape index (κ3) is 3.50. The van der Waals surface area contributed by atoms with Gasteiger partial charge in [-0.25, -0.2) is 9.97 Å². The first kappa shape index (κ1) is 17.4. The van der Waals surface area contributed by atoms with Gasteiger partial charge in [0, 0.05) is 30.8 Å². The molecule has 1 aliphatic rings. The Morgan fingerprint density at radius 1 is 1.32 bits per heavy atom. The van der Waals surface area contributed by atoms with E-state index in [1.165, 1.54) is 0 Å². The van der Waals surface area contributed by atoms with Crippen LogP contribution in [0, 0.1) is 6.92 Å². The minimum atomic E-state index is -0.0681. The van der Waals surface area contributed by atoms with Crippen molar-refractivity contribution in [3.05, 3.63) is 35.0 Å². The summed E-state index contributed by atoms with van der Waals surface area (Å²) in [5.74, 6) is 1.43. The molecule has 1 saturated heterocycles. The minimum Gasteiger partial charge on any atom is -0.373 e. The highest BCUT2D eigenvalue weighted by atomic mass is 16.2. The van der Waals surface area contributed by atoms with Crippen molar-refractivity contribution in [1.29, 1.82) is 0 Å². The number of amides is 1. The molecule has 0 aromatic carbocycles. The molecule has 1 unspecified atom stereocenters. The molecule has 0 aliphatic carbocycles. The molecule has 1 aliphatic heterocycles. The molecular formula is C18H26N6O. The molecule has 0 saturated carbocycles. The van der Waals surface area contributed by atoms with Crippen molar-refractivity contribution in [2.75, 3.05) is 18.9 Å². The Bertz CT molecular complexity index is 776. The number of carbonyl (C=O) groups excluding carboxylic acids is 1. The van der Waals surface area contributed by atoms with Gasteiger partial charge in [0.15, 0.2) is 0 Å². The molecule has 1 fully saturated rings. The summed E-state index contributed by atoms with van der Waals surface area (Å²) in [6, 6.07) is 3.76. The molecule has 2 aromatic heterocycles. The van der Waals surface area contributed by atoms with Crippen molar-refractivity contribution < 1.29 is 4.79 Å². The van der Waals surface area contributed by atoms with Gasteiger partial charge in [-0.2, -0.15) is 5.10 Å². The van der Waals surface area contributed by atoms with E-state index in [1.807, 2.05) is 31.0 Å². The highest BCUT2D eigenvalue weighted by molar-refractivity contribution is 5.93. The predicted octanol–water partition coefficient (Wildman–Crippen LogP) is 2.82. The quantitative estimate of drug-likeness (QED) is 0.896. The third-order valence-corrected chi connectivity index (χ3v) is 4.57. The Hall–Kier alpha value is -2.44. The van der Waals surface area contributed by atoms with Gasteiger partial charge in [0.05, 0.1) is 11.7 Å². The van der Waals surface area contributed by atoms with Gasteiger partial charge in [0.1, 0.15) is 17.3 Å². The molecule has 3 rings (SSSR count). The van der Waals surface area contributed by atoms with E-state index in [-0.39, 0.29) is 17.4 Å². The van der Waals surface area contributed by atoms with E-state index in [2.05, 4.69) is 46.3 Å².